The first-order valence-electron chi connectivity index (χ1n) is 47.0. The molecule has 0 saturated carbocycles. The summed E-state index contributed by atoms with van der Waals surface area (Å²) < 4.78 is 0. The second-order valence-corrected chi connectivity index (χ2v) is 35.3. The molecule has 0 saturated heterocycles. The monoisotopic (exact) mass is 1580 g/mol. The maximum Gasteiger partial charge on any atom is 0.0462 e. The van der Waals surface area contributed by atoms with E-state index in [1.54, 1.807) is 50.1 Å². The number of benzene rings is 13. The van der Waals surface area contributed by atoms with Crippen LogP contribution in [0.4, 0.5) is 51.2 Å². The van der Waals surface area contributed by atoms with Gasteiger partial charge in [0.25, 0.3) is 0 Å². The summed E-state index contributed by atoms with van der Waals surface area (Å²) in [6.07, 6.45) is 36.2. The second-order valence-electron chi connectivity index (χ2n) is 35.3. The van der Waals surface area contributed by atoms with Crippen molar-refractivity contribution in [1.82, 2.24) is 0 Å². The highest BCUT2D eigenvalue weighted by Crippen LogP contribution is 2.72. The fourth-order valence-electron chi connectivity index (χ4n) is 21.7. The molecule has 13 aromatic rings. The van der Waals surface area contributed by atoms with Crippen LogP contribution in [0.25, 0.3) is 66.8 Å². The van der Waals surface area contributed by atoms with Crippen molar-refractivity contribution in [2.24, 2.45) is 0 Å². The number of hydrogen-bond acceptors (Lipinski definition) is 3. The molecule has 16 rings (SSSR count). The molecule has 0 unspecified atom stereocenters. The van der Waals surface area contributed by atoms with E-state index in [0.29, 0.717) is 0 Å². The Bertz CT molecular complexity index is 4720. The van der Waals surface area contributed by atoms with Gasteiger partial charge in [0.1, 0.15) is 0 Å². The maximum atomic E-state index is 2.81. The molecule has 0 atom stereocenters. The van der Waals surface area contributed by atoms with Crippen molar-refractivity contribution in [3.8, 4) is 66.8 Å². The zero-order chi connectivity index (χ0) is 82.1. The summed E-state index contributed by atoms with van der Waals surface area (Å²) in [7, 11) is 0. The molecule has 0 fully saturated rings. The highest BCUT2D eigenvalue weighted by molar-refractivity contribution is 6.06. The predicted molar refractivity (Wildman–Crippen MR) is 518 cm³/mol. The van der Waals surface area contributed by atoms with Gasteiger partial charge < -0.3 is 14.7 Å². The van der Waals surface area contributed by atoms with Gasteiger partial charge in [-0.05, 0) is 266 Å². The van der Waals surface area contributed by atoms with Crippen molar-refractivity contribution in [3.05, 3.63) is 343 Å². The average molecular weight is 1580 g/mol. The van der Waals surface area contributed by atoms with Crippen molar-refractivity contribution in [3.63, 3.8) is 0 Å². The number of fused-ring (bicyclic) bond motifs is 12. The van der Waals surface area contributed by atoms with Crippen LogP contribution in [-0.2, 0) is 16.2 Å². The standard InChI is InChI=1S/C117H129N3/c1-7-13-19-43-79-115(80-44-20-14-8-2)106-85-91(88-61-70-100(71-62-88)118(94-49-31-25-32-50-94)95-51-33-26-34-52-95)67-76-103(106)109-112(115)110-104-77-68-92(89-63-72-101(73-64-89)119(96-53-35-27-36-54-96)97-55-37-28-38-56-97)86-107(104)116(81-45-21-15-9-3,82-46-22-16-10-4)114(110)111-105-78-69-93(87-108(105)117(113(109)111,83-47-23-17-11-5)84-48-24-18-12-6)90-65-74-102(75-66-90)120(98-57-39-29-40-58-98)99-59-41-30-42-60-99/h25-42,49-78,85-87H,7-24,43-48,79-84H2,1-6H3. The highest BCUT2D eigenvalue weighted by atomic mass is 15.2. The Morgan fingerprint density at radius 3 is 0.533 bits per heavy atom. The molecule has 3 aliphatic rings. The van der Waals surface area contributed by atoms with Gasteiger partial charge in [-0.15, -0.1) is 0 Å². The van der Waals surface area contributed by atoms with Crippen molar-refractivity contribution in [2.75, 3.05) is 14.7 Å². The third-order valence-corrected chi connectivity index (χ3v) is 27.6. The Balaban J connectivity index is 0.986. The molecule has 0 amide bonds. The molecule has 612 valence electrons. The number of para-hydroxylation sites is 6. The van der Waals surface area contributed by atoms with Crippen LogP contribution in [0.3, 0.4) is 0 Å². The summed E-state index contributed by atoms with van der Waals surface area (Å²) in [4.78, 5) is 7.25. The second kappa shape index (κ2) is 39.2. The predicted octanol–water partition coefficient (Wildman–Crippen LogP) is 35.7. The highest BCUT2D eigenvalue weighted by Gasteiger charge is 2.58. The van der Waals surface area contributed by atoms with Gasteiger partial charge in [-0.25, -0.2) is 0 Å². The lowest BCUT2D eigenvalue weighted by molar-refractivity contribution is 0.389. The fourth-order valence-corrected chi connectivity index (χ4v) is 21.7. The Kier molecular flexibility index (Phi) is 27.1. The first-order chi connectivity index (χ1) is 59.3. The van der Waals surface area contributed by atoms with Crippen molar-refractivity contribution in [1.29, 1.82) is 0 Å². The van der Waals surface area contributed by atoms with Gasteiger partial charge in [0.15, 0.2) is 0 Å². The van der Waals surface area contributed by atoms with E-state index >= 15 is 0 Å². The van der Waals surface area contributed by atoms with Crippen LogP contribution in [0, 0.1) is 0 Å². The molecular weight excluding hydrogens is 1450 g/mol. The molecule has 13 aromatic carbocycles. The van der Waals surface area contributed by atoms with Crippen LogP contribution < -0.4 is 14.7 Å². The molecule has 3 heteroatoms. The molecule has 0 aliphatic heterocycles. The summed E-state index contributed by atoms with van der Waals surface area (Å²) in [5, 5.41) is 0. The molecule has 0 aromatic heterocycles. The largest absolute Gasteiger partial charge is 0.311 e. The van der Waals surface area contributed by atoms with Gasteiger partial charge in [0, 0.05) is 67.4 Å². The molecule has 0 heterocycles. The normalized spacial score (nSPS) is 13.4. The maximum absolute atomic E-state index is 2.81. The van der Waals surface area contributed by atoms with Crippen molar-refractivity contribution >= 4 is 51.2 Å². The minimum atomic E-state index is -0.264. The van der Waals surface area contributed by atoms with Gasteiger partial charge in [0.2, 0.25) is 0 Å². The molecule has 120 heavy (non-hydrogen) atoms. The number of unbranched alkanes of at least 4 members (excludes halogenated alkanes) is 18. The first kappa shape index (κ1) is 82.9. The topological polar surface area (TPSA) is 9.72 Å². The van der Waals surface area contributed by atoms with Crippen molar-refractivity contribution < 1.29 is 0 Å². The lowest BCUT2D eigenvalue weighted by atomic mass is 9.63. The van der Waals surface area contributed by atoms with Crippen molar-refractivity contribution in [2.45, 2.75) is 250 Å². The molecule has 0 radical (unpaired) electrons. The Labute approximate surface area is 721 Å². The van der Waals surface area contributed by atoms with Gasteiger partial charge in [0.05, 0.1) is 0 Å². The van der Waals surface area contributed by atoms with Crippen LogP contribution in [0.1, 0.15) is 268 Å². The summed E-state index contributed by atoms with van der Waals surface area (Å²) in [5.41, 5.74) is 36.8. The van der Waals surface area contributed by atoms with E-state index in [9.17, 15) is 0 Å². The first-order valence-corrected chi connectivity index (χ1v) is 47.0. The molecule has 0 N–H and O–H groups in total. The molecule has 3 aliphatic carbocycles. The van der Waals surface area contributed by atoms with E-state index in [-0.39, 0.29) is 16.2 Å². The average Bonchev–Trinajstić information content (AvgIpc) is 1.48. The quantitative estimate of drug-likeness (QED) is 0.0353. The number of anilines is 9. The SMILES string of the molecule is CCCCCCC1(CCCCCC)c2cc(-c3ccc(N(c4ccccc4)c4ccccc4)cc3)ccc2-c2c1c1c(c3c2C(CCCCCC)(CCCCCC)c2cc(-c4ccc(N(c5ccccc5)c5ccccc5)cc4)ccc2-3)C(CCCCCC)(CCCCCC)c2cc(-c3ccc(N(c4ccccc4)c4ccccc4)cc3)ccc2-1. The fraction of sp³-hybridized carbons (Fsp3) is 0.333. The summed E-state index contributed by atoms with van der Waals surface area (Å²) >= 11 is 0. The van der Waals surface area contributed by atoms with E-state index in [1.807, 2.05) is 0 Å². The van der Waals surface area contributed by atoms with E-state index in [4.69, 9.17) is 0 Å². The van der Waals surface area contributed by atoms with Crippen LogP contribution in [0.15, 0.2) is 309 Å². The molecule has 3 nitrogen and oxygen atoms in total. The van der Waals surface area contributed by atoms with Crippen LogP contribution >= 0.6 is 0 Å². The smallest absolute Gasteiger partial charge is 0.0462 e. The summed E-state index contributed by atoms with van der Waals surface area (Å²) in [5.74, 6) is 0. The van der Waals surface area contributed by atoms with E-state index in [2.05, 4.69) is 366 Å². The third kappa shape index (κ3) is 16.8. The number of nitrogens with zero attached hydrogens (tertiary/aromatic N) is 3. The van der Waals surface area contributed by atoms with Crippen LogP contribution in [0.2, 0.25) is 0 Å². The molecular formula is C117H129N3. The van der Waals surface area contributed by atoms with Gasteiger partial charge >= 0.3 is 0 Å². The number of rotatable bonds is 42. The lowest BCUT2D eigenvalue weighted by Crippen LogP contribution is -2.31. The van der Waals surface area contributed by atoms with E-state index in [1.165, 1.54) is 204 Å². The van der Waals surface area contributed by atoms with E-state index in [0.717, 1.165) is 89.7 Å². The van der Waals surface area contributed by atoms with E-state index < -0.39 is 0 Å². The zero-order valence-corrected chi connectivity index (χ0v) is 73.0. The Morgan fingerprint density at radius 2 is 0.350 bits per heavy atom. The van der Waals surface area contributed by atoms with Gasteiger partial charge in [-0.1, -0.05) is 378 Å². The summed E-state index contributed by atoms with van der Waals surface area (Å²) in [6.45, 7) is 14.5. The Hall–Kier alpha value is -10.7. The Morgan fingerprint density at radius 1 is 0.175 bits per heavy atom. The third-order valence-electron chi connectivity index (χ3n) is 27.6. The molecule has 0 bridgehead atoms. The molecule has 0 spiro atoms. The van der Waals surface area contributed by atoms with Gasteiger partial charge in [-0.3, -0.25) is 0 Å². The summed E-state index contributed by atoms with van der Waals surface area (Å²) in [6, 6.07) is 119. The zero-order valence-electron chi connectivity index (χ0n) is 73.0. The number of hydrogen-bond donors (Lipinski definition) is 0. The van der Waals surface area contributed by atoms with Gasteiger partial charge in [-0.2, -0.15) is 0 Å². The minimum absolute atomic E-state index is 0.264. The lowest BCUT2D eigenvalue weighted by Gasteiger charge is -2.40. The van der Waals surface area contributed by atoms with Crippen LogP contribution in [0.5, 0.6) is 0 Å². The van der Waals surface area contributed by atoms with Crippen LogP contribution in [-0.4, -0.2) is 0 Å². The minimum Gasteiger partial charge on any atom is -0.311 e.